The van der Waals surface area contributed by atoms with E-state index in [0.717, 1.165) is 28.6 Å². The number of hydrogen-bond acceptors (Lipinski definition) is 2. The van der Waals surface area contributed by atoms with Crippen molar-refractivity contribution in [2.45, 2.75) is 13.3 Å². The number of aromatic nitrogens is 4. The van der Waals surface area contributed by atoms with Crippen LogP contribution in [0.1, 0.15) is 19.6 Å². The summed E-state index contributed by atoms with van der Waals surface area (Å²) >= 11 is 0. The summed E-state index contributed by atoms with van der Waals surface area (Å²) in [5.74, 6) is 0. The molecule has 0 atom stereocenters. The highest BCUT2D eigenvalue weighted by Crippen LogP contribution is 2.23. The maximum atomic E-state index is 4.28. The number of nitrogens with zero attached hydrogens (tertiary/aromatic N) is 3. The Kier molecular flexibility index (Phi) is 3.21. The van der Waals surface area contributed by atoms with E-state index in [-0.39, 0.29) is 1.43 Å². The SMILES string of the molecule is C=C(/C=C\n1nccc1CC)c1c[nH]c2ncccc12.[HH]. The summed E-state index contributed by atoms with van der Waals surface area (Å²) in [7, 11) is 0. The van der Waals surface area contributed by atoms with E-state index in [4.69, 9.17) is 0 Å². The van der Waals surface area contributed by atoms with Gasteiger partial charge in [-0.15, -0.1) is 0 Å². The molecule has 3 heterocycles. The minimum Gasteiger partial charge on any atom is -0.346 e. The van der Waals surface area contributed by atoms with Crippen LogP contribution in [0.25, 0.3) is 22.8 Å². The van der Waals surface area contributed by atoms with Gasteiger partial charge in [0.2, 0.25) is 0 Å². The fourth-order valence-corrected chi connectivity index (χ4v) is 2.23. The zero-order valence-electron chi connectivity index (χ0n) is 11.4. The summed E-state index contributed by atoms with van der Waals surface area (Å²) in [4.78, 5) is 7.44. The van der Waals surface area contributed by atoms with Gasteiger partial charge in [-0.05, 0) is 36.3 Å². The summed E-state index contributed by atoms with van der Waals surface area (Å²) < 4.78 is 1.87. The van der Waals surface area contributed by atoms with Crippen molar-refractivity contribution in [2.75, 3.05) is 0 Å². The lowest BCUT2D eigenvalue weighted by atomic mass is 10.1. The third kappa shape index (κ3) is 2.16. The normalized spacial score (nSPS) is 11.4. The van der Waals surface area contributed by atoms with Crippen molar-refractivity contribution in [3.05, 3.63) is 60.7 Å². The Labute approximate surface area is 119 Å². The average Bonchev–Trinajstić information content (AvgIpc) is 3.11. The molecule has 0 saturated carbocycles. The number of rotatable bonds is 4. The minimum absolute atomic E-state index is 0. The molecule has 4 nitrogen and oxygen atoms in total. The Balaban J connectivity index is 0.00000161. The monoisotopic (exact) mass is 266 g/mol. The number of hydrogen-bond donors (Lipinski definition) is 1. The Morgan fingerprint density at radius 2 is 2.35 bits per heavy atom. The number of fused-ring (bicyclic) bond motifs is 1. The molecule has 20 heavy (non-hydrogen) atoms. The molecule has 0 radical (unpaired) electrons. The molecule has 0 amide bonds. The number of nitrogens with one attached hydrogen (secondary N) is 1. The lowest BCUT2D eigenvalue weighted by Crippen LogP contribution is -1.94. The number of H-pyrrole nitrogens is 1. The average molecular weight is 266 g/mol. The van der Waals surface area contributed by atoms with E-state index in [2.05, 4.69) is 28.6 Å². The Morgan fingerprint density at radius 3 is 3.20 bits per heavy atom. The molecule has 1 N–H and O–H groups in total. The molecular weight excluding hydrogens is 248 g/mol. The Hall–Kier alpha value is -2.62. The Morgan fingerprint density at radius 1 is 1.45 bits per heavy atom. The van der Waals surface area contributed by atoms with Crippen molar-refractivity contribution in [2.24, 2.45) is 0 Å². The first-order valence-corrected chi connectivity index (χ1v) is 6.61. The van der Waals surface area contributed by atoms with Gasteiger partial charge in [0.05, 0.1) is 0 Å². The first-order valence-electron chi connectivity index (χ1n) is 6.61. The highest BCUT2D eigenvalue weighted by molar-refractivity contribution is 5.93. The van der Waals surface area contributed by atoms with E-state index in [0.29, 0.717) is 0 Å². The molecule has 0 saturated heterocycles. The summed E-state index contributed by atoms with van der Waals surface area (Å²) in [6.45, 7) is 6.24. The molecule has 0 aromatic carbocycles. The highest BCUT2D eigenvalue weighted by atomic mass is 15.3. The topological polar surface area (TPSA) is 46.5 Å². The van der Waals surface area contributed by atoms with Gasteiger partial charge in [0.25, 0.3) is 0 Å². The standard InChI is InChI=1S/C16H16N4.H2/c1-3-13-6-9-19-20(13)10-7-12(2)15-11-18-16-14(15)5-4-8-17-16;/h4-11H,2-3H2,1H3,(H,17,18);1H/b10-7-;. The molecule has 0 fully saturated rings. The van der Waals surface area contributed by atoms with E-state index in [9.17, 15) is 0 Å². The van der Waals surface area contributed by atoms with Gasteiger partial charge < -0.3 is 4.98 Å². The van der Waals surface area contributed by atoms with Crippen molar-refractivity contribution < 1.29 is 1.43 Å². The molecule has 0 bridgehead atoms. The summed E-state index contributed by atoms with van der Waals surface area (Å²) in [6.07, 6.45) is 10.4. The number of aryl methyl sites for hydroxylation is 1. The molecule has 3 aromatic heterocycles. The maximum absolute atomic E-state index is 4.28. The zero-order chi connectivity index (χ0) is 13.9. The largest absolute Gasteiger partial charge is 0.346 e. The predicted molar refractivity (Wildman–Crippen MR) is 84.2 cm³/mol. The van der Waals surface area contributed by atoms with Crippen molar-refractivity contribution in [3.8, 4) is 0 Å². The van der Waals surface area contributed by atoms with Gasteiger partial charge in [0.15, 0.2) is 0 Å². The smallest absolute Gasteiger partial charge is 0.137 e. The summed E-state index contributed by atoms with van der Waals surface area (Å²) in [5, 5.41) is 5.35. The van der Waals surface area contributed by atoms with Gasteiger partial charge in [0.1, 0.15) is 5.65 Å². The van der Waals surface area contributed by atoms with Crippen LogP contribution in [0.4, 0.5) is 0 Å². The van der Waals surface area contributed by atoms with E-state index >= 15 is 0 Å². The van der Waals surface area contributed by atoms with Crippen LogP contribution in [0.3, 0.4) is 0 Å². The van der Waals surface area contributed by atoms with Gasteiger partial charge in [-0.25, -0.2) is 9.67 Å². The second-order valence-corrected chi connectivity index (χ2v) is 4.56. The van der Waals surface area contributed by atoms with Crippen molar-refractivity contribution in [1.82, 2.24) is 19.7 Å². The van der Waals surface area contributed by atoms with Crippen LogP contribution in [0.15, 0.2) is 49.4 Å². The maximum Gasteiger partial charge on any atom is 0.137 e. The van der Waals surface area contributed by atoms with Crippen LogP contribution in [-0.4, -0.2) is 19.7 Å². The fourth-order valence-electron chi connectivity index (χ4n) is 2.23. The predicted octanol–water partition coefficient (Wildman–Crippen LogP) is 3.75. The second kappa shape index (κ2) is 5.17. The van der Waals surface area contributed by atoms with Crippen LogP contribution >= 0.6 is 0 Å². The molecule has 0 spiro atoms. The third-order valence-corrected chi connectivity index (χ3v) is 3.33. The van der Waals surface area contributed by atoms with Gasteiger partial charge in [-0.3, -0.25) is 0 Å². The van der Waals surface area contributed by atoms with Crippen LogP contribution < -0.4 is 0 Å². The molecule has 0 unspecified atom stereocenters. The molecule has 102 valence electrons. The molecule has 4 heteroatoms. The van der Waals surface area contributed by atoms with Crippen LogP contribution in [0, 0.1) is 0 Å². The molecule has 0 aliphatic rings. The molecule has 3 rings (SSSR count). The van der Waals surface area contributed by atoms with Gasteiger partial charge in [0, 0.05) is 42.9 Å². The van der Waals surface area contributed by atoms with Gasteiger partial charge in [-0.2, -0.15) is 5.10 Å². The van der Waals surface area contributed by atoms with Gasteiger partial charge >= 0.3 is 0 Å². The fraction of sp³-hybridized carbons (Fsp3) is 0.125. The summed E-state index contributed by atoms with van der Waals surface area (Å²) in [6, 6.07) is 5.99. The van der Waals surface area contributed by atoms with Crippen molar-refractivity contribution in [1.29, 1.82) is 0 Å². The lowest BCUT2D eigenvalue weighted by Gasteiger charge is -2.00. The molecular formula is C16H18N4. The van der Waals surface area contributed by atoms with Gasteiger partial charge in [-0.1, -0.05) is 13.5 Å². The van der Waals surface area contributed by atoms with E-state index in [1.165, 1.54) is 5.69 Å². The van der Waals surface area contributed by atoms with Crippen LogP contribution in [0.5, 0.6) is 0 Å². The second-order valence-electron chi connectivity index (χ2n) is 4.56. The highest BCUT2D eigenvalue weighted by Gasteiger charge is 2.05. The van der Waals surface area contributed by atoms with E-state index < -0.39 is 0 Å². The number of pyridine rings is 1. The number of aromatic amines is 1. The lowest BCUT2D eigenvalue weighted by molar-refractivity contribution is 0.857. The van der Waals surface area contributed by atoms with Crippen molar-refractivity contribution >= 4 is 22.8 Å². The first kappa shape index (κ1) is 12.4. The zero-order valence-corrected chi connectivity index (χ0v) is 11.4. The minimum atomic E-state index is 0. The van der Waals surface area contributed by atoms with Crippen molar-refractivity contribution in [3.63, 3.8) is 0 Å². The van der Waals surface area contributed by atoms with Crippen LogP contribution in [0.2, 0.25) is 0 Å². The summed E-state index contributed by atoms with van der Waals surface area (Å²) in [5.41, 5.74) is 4.05. The molecule has 0 aliphatic carbocycles. The first-order chi connectivity index (χ1) is 9.79. The van der Waals surface area contributed by atoms with E-state index in [1.54, 1.807) is 6.20 Å². The molecule has 3 aromatic rings. The quantitative estimate of drug-likeness (QED) is 0.731. The van der Waals surface area contributed by atoms with E-state index in [1.807, 2.05) is 47.6 Å². The molecule has 0 aliphatic heterocycles. The number of allylic oxidation sites excluding steroid dienone is 2. The Bertz CT molecular complexity index is 782. The van der Waals surface area contributed by atoms with Crippen LogP contribution in [-0.2, 0) is 6.42 Å². The third-order valence-electron chi connectivity index (χ3n) is 3.33.